The molecule has 0 N–H and O–H groups in total. The molecule has 1 fully saturated rings. The van der Waals surface area contributed by atoms with Crippen molar-refractivity contribution in [2.75, 3.05) is 0 Å². The fourth-order valence-electron chi connectivity index (χ4n) is 2.96. The van der Waals surface area contributed by atoms with Crippen LogP contribution in [0.2, 0.25) is 0 Å². The van der Waals surface area contributed by atoms with Gasteiger partial charge in [0, 0.05) is 0 Å². The number of benzene rings is 1. The Hall–Kier alpha value is -0.626. The molecule has 24 heavy (non-hydrogen) atoms. The van der Waals surface area contributed by atoms with Crippen molar-refractivity contribution in [2.45, 2.75) is 78.3 Å². The molecule has 1 aliphatic carbocycles. The maximum absolute atomic E-state index is 4.82. The zero-order chi connectivity index (χ0) is 17.1. The van der Waals surface area contributed by atoms with E-state index in [1.54, 1.807) is 0 Å². The molecule has 2 rings (SSSR count). The van der Waals surface area contributed by atoms with E-state index in [9.17, 15) is 0 Å². The zero-order valence-corrected chi connectivity index (χ0v) is 17.6. The van der Waals surface area contributed by atoms with Crippen LogP contribution < -0.4 is 0 Å². The van der Waals surface area contributed by atoms with Crippen LogP contribution in [0.4, 0.5) is 0 Å². The minimum Gasteiger partial charge on any atom is -0.653 e. The molecule has 0 spiro atoms. The Bertz CT molecular complexity index is 464. The minimum atomic E-state index is 0. The molecule has 0 heterocycles. The van der Waals surface area contributed by atoms with Crippen LogP contribution in [0, 0.1) is 0 Å². The van der Waals surface area contributed by atoms with Gasteiger partial charge in [0.15, 0.2) is 0 Å². The van der Waals surface area contributed by atoms with Gasteiger partial charge in [0.25, 0.3) is 0 Å². The molecule has 0 aliphatic heterocycles. The summed E-state index contributed by atoms with van der Waals surface area (Å²) < 4.78 is 0. The Morgan fingerprint density at radius 2 is 1.54 bits per heavy atom. The van der Waals surface area contributed by atoms with Crippen LogP contribution in [0.1, 0.15) is 77.8 Å². The van der Waals surface area contributed by atoms with E-state index < -0.39 is 0 Å². The van der Waals surface area contributed by atoms with Crippen molar-refractivity contribution in [1.29, 1.82) is 0 Å². The fourth-order valence-corrected chi connectivity index (χ4v) is 2.96. The summed E-state index contributed by atoms with van der Waals surface area (Å²) in [6, 6.07) is 11.1. The van der Waals surface area contributed by atoms with Gasteiger partial charge in [0.05, 0.1) is 0 Å². The van der Waals surface area contributed by atoms with Gasteiger partial charge < -0.3 is 5.32 Å². The Kier molecular flexibility index (Phi) is 13.3. The van der Waals surface area contributed by atoms with Gasteiger partial charge in [-0.1, -0.05) is 106 Å². The summed E-state index contributed by atoms with van der Waals surface area (Å²) >= 11 is 0. The molecule has 1 saturated carbocycles. The van der Waals surface area contributed by atoms with Gasteiger partial charge in [-0.05, 0) is 20.3 Å². The second-order valence-corrected chi connectivity index (χ2v) is 6.98. The normalized spacial score (nSPS) is 15.3. The SMILES string of the molecule is C1CCCC1.C=C(C)/C=C(/C)CC([N-]C(C)C)c1ccccc1.[Ti+2]. The van der Waals surface area contributed by atoms with E-state index in [0.29, 0.717) is 6.04 Å². The van der Waals surface area contributed by atoms with Gasteiger partial charge in [-0.15, -0.1) is 12.1 Å². The number of hydrogen-bond acceptors (Lipinski definition) is 0. The van der Waals surface area contributed by atoms with Crippen LogP contribution in [0.3, 0.4) is 0 Å². The molecule has 1 aromatic carbocycles. The standard InChI is InChI=1S/C17H24N.C5H10.Ti/c1-13(2)11-15(5)12-17(18-14(3)4)16-9-7-6-8-10-16;1-2-4-5-3-1;/h6-11,14,17H,1,12H2,2-5H3;1-5H2;/q-1;;+2/b15-11-;;. The Labute approximate surface area is 164 Å². The van der Waals surface area contributed by atoms with Crippen molar-refractivity contribution in [2.24, 2.45) is 0 Å². The van der Waals surface area contributed by atoms with E-state index in [4.69, 9.17) is 5.32 Å². The molecular formula is C22H34NTi+. The summed E-state index contributed by atoms with van der Waals surface area (Å²) in [5.41, 5.74) is 3.73. The van der Waals surface area contributed by atoms with E-state index in [-0.39, 0.29) is 27.8 Å². The maximum Gasteiger partial charge on any atom is 2.00 e. The first-order valence-electron chi connectivity index (χ1n) is 9.06. The topological polar surface area (TPSA) is 14.1 Å². The summed E-state index contributed by atoms with van der Waals surface area (Å²) in [5, 5.41) is 4.82. The van der Waals surface area contributed by atoms with Crippen LogP contribution in [-0.4, -0.2) is 6.04 Å². The third-order valence-electron chi connectivity index (χ3n) is 3.92. The van der Waals surface area contributed by atoms with Crippen molar-refractivity contribution < 1.29 is 21.7 Å². The van der Waals surface area contributed by atoms with Gasteiger partial charge in [-0.2, -0.15) is 0 Å². The van der Waals surface area contributed by atoms with Crippen molar-refractivity contribution >= 4 is 0 Å². The van der Waals surface area contributed by atoms with Crippen LogP contribution >= 0.6 is 0 Å². The Balaban J connectivity index is 0.000000751. The molecule has 1 nitrogen and oxygen atoms in total. The molecule has 0 radical (unpaired) electrons. The minimum absolute atomic E-state index is 0. The van der Waals surface area contributed by atoms with Gasteiger partial charge in [0.2, 0.25) is 0 Å². The maximum atomic E-state index is 4.82. The van der Waals surface area contributed by atoms with E-state index in [1.165, 1.54) is 43.2 Å². The van der Waals surface area contributed by atoms with Crippen LogP contribution in [0.5, 0.6) is 0 Å². The Morgan fingerprint density at radius 3 is 1.96 bits per heavy atom. The molecule has 1 unspecified atom stereocenters. The summed E-state index contributed by atoms with van der Waals surface area (Å²) in [6.07, 6.45) is 10.6. The summed E-state index contributed by atoms with van der Waals surface area (Å²) in [5.74, 6) is 0. The monoisotopic (exact) mass is 360 g/mol. The van der Waals surface area contributed by atoms with Crippen LogP contribution in [0.15, 0.2) is 54.1 Å². The fraction of sp³-hybridized carbons (Fsp3) is 0.545. The largest absolute Gasteiger partial charge is 2.00 e. The number of allylic oxidation sites excluding steroid dienone is 2. The first-order chi connectivity index (χ1) is 11.0. The first-order valence-corrected chi connectivity index (χ1v) is 9.06. The molecule has 0 amide bonds. The second-order valence-electron chi connectivity index (χ2n) is 6.98. The molecule has 0 aromatic heterocycles. The van der Waals surface area contributed by atoms with Crippen molar-refractivity contribution in [3.8, 4) is 0 Å². The van der Waals surface area contributed by atoms with Gasteiger partial charge in [-0.3, -0.25) is 0 Å². The smallest absolute Gasteiger partial charge is 0.653 e. The average Bonchev–Trinajstić information content (AvgIpc) is 3.05. The molecule has 2 heteroatoms. The first kappa shape index (κ1) is 23.4. The van der Waals surface area contributed by atoms with Crippen molar-refractivity contribution in [3.63, 3.8) is 0 Å². The van der Waals surface area contributed by atoms with E-state index >= 15 is 0 Å². The van der Waals surface area contributed by atoms with Crippen molar-refractivity contribution in [3.05, 3.63) is 65.0 Å². The molecule has 130 valence electrons. The molecule has 0 bridgehead atoms. The average molecular weight is 360 g/mol. The Morgan fingerprint density at radius 1 is 1.04 bits per heavy atom. The van der Waals surface area contributed by atoms with Crippen LogP contribution in [-0.2, 0) is 21.7 Å². The molecular weight excluding hydrogens is 326 g/mol. The van der Waals surface area contributed by atoms with E-state index in [1.807, 2.05) is 13.0 Å². The van der Waals surface area contributed by atoms with Gasteiger partial charge >= 0.3 is 21.7 Å². The summed E-state index contributed by atoms with van der Waals surface area (Å²) in [4.78, 5) is 0. The predicted molar refractivity (Wildman–Crippen MR) is 104 cm³/mol. The molecule has 1 aromatic rings. The third-order valence-corrected chi connectivity index (χ3v) is 3.92. The zero-order valence-electron chi connectivity index (χ0n) is 16.0. The van der Waals surface area contributed by atoms with Crippen LogP contribution in [0.25, 0.3) is 5.32 Å². The van der Waals surface area contributed by atoms with E-state index in [2.05, 4.69) is 57.7 Å². The predicted octanol–water partition coefficient (Wildman–Crippen LogP) is 7.37. The van der Waals surface area contributed by atoms with Crippen molar-refractivity contribution in [1.82, 2.24) is 0 Å². The summed E-state index contributed by atoms with van der Waals surface area (Å²) in [6.45, 7) is 12.4. The van der Waals surface area contributed by atoms with Gasteiger partial charge in [-0.25, -0.2) is 0 Å². The molecule has 0 saturated heterocycles. The quantitative estimate of drug-likeness (QED) is 0.371. The second kappa shape index (κ2) is 13.6. The number of nitrogens with zero attached hydrogens (tertiary/aromatic N) is 1. The van der Waals surface area contributed by atoms with Gasteiger partial charge in [0.1, 0.15) is 0 Å². The number of rotatable bonds is 6. The molecule has 1 aliphatic rings. The van der Waals surface area contributed by atoms with E-state index in [0.717, 1.165) is 12.0 Å². The number of hydrogen-bond donors (Lipinski definition) is 0. The summed E-state index contributed by atoms with van der Waals surface area (Å²) in [7, 11) is 0. The third kappa shape index (κ3) is 11.0. The molecule has 1 atom stereocenters.